The SMILES string of the molecule is Cc1nsc(NC(=O)c2ccccc2)c1C(=O)NC1CCOC1=O. The molecule has 3 rings (SSSR count). The lowest BCUT2D eigenvalue weighted by molar-refractivity contribution is -0.139. The lowest BCUT2D eigenvalue weighted by Crippen LogP contribution is -2.38. The highest BCUT2D eigenvalue weighted by molar-refractivity contribution is 7.11. The van der Waals surface area contributed by atoms with Crippen LogP contribution in [0.1, 0.15) is 32.8 Å². The second kappa shape index (κ2) is 6.79. The molecule has 2 N–H and O–H groups in total. The van der Waals surface area contributed by atoms with E-state index in [9.17, 15) is 14.4 Å². The Morgan fingerprint density at radius 1 is 1.25 bits per heavy atom. The van der Waals surface area contributed by atoms with E-state index < -0.39 is 17.9 Å². The van der Waals surface area contributed by atoms with E-state index in [-0.39, 0.29) is 11.5 Å². The zero-order valence-corrected chi connectivity index (χ0v) is 13.7. The topological polar surface area (TPSA) is 97.4 Å². The largest absolute Gasteiger partial charge is 0.464 e. The van der Waals surface area contributed by atoms with Crippen LogP contribution in [-0.4, -0.2) is 34.8 Å². The molecule has 0 spiro atoms. The second-order valence-electron chi connectivity index (χ2n) is 5.27. The van der Waals surface area contributed by atoms with Gasteiger partial charge >= 0.3 is 5.97 Å². The minimum Gasteiger partial charge on any atom is -0.464 e. The second-order valence-corrected chi connectivity index (χ2v) is 6.05. The normalized spacial score (nSPS) is 16.5. The van der Waals surface area contributed by atoms with Crippen LogP contribution in [0, 0.1) is 6.92 Å². The lowest BCUT2D eigenvalue weighted by atomic mass is 10.2. The molecule has 2 amide bonds. The molecule has 0 saturated carbocycles. The average Bonchev–Trinajstić information content (AvgIpc) is 3.14. The summed E-state index contributed by atoms with van der Waals surface area (Å²) >= 11 is 1.03. The molecule has 0 aliphatic carbocycles. The summed E-state index contributed by atoms with van der Waals surface area (Å²) in [5.74, 6) is -1.22. The summed E-state index contributed by atoms with van der Waals surface area (Å²) in [5, 5.41) is 5.68. The minimum absolute atomic E-state index is 0.268. The number of esters is 1. The van der Waals surface area contributed by atoms with E-state index in [1.54, 1.807) is 31.2 Å². The van der Waals surface area contributed by atoms with Crippen LogP contribution in [0.2, 0.25) is 0 Å². The number of hydrogen-bond donors (Lipinski definition) is 2. The van der Waals surface area contributed by atoms with Gasteiger partial charge in [0.25, 0.3) is 11.8 Å². The Morgan fingerprint density at radius 3 is 2.67 bits per heavy atom. The maximum Gasteiger partial charge on any atom is 0.328 e. The third-order valence-corrected chi connectivity index (χ3v) is 4.45. The van der Waals surface area contributed by atoms with Crippen LogP contribution >= 0.6 is 11.5 Å². The van der Waals surface area contributed by atoms with Crippen molar-refractivity contribution in [2.24, 2.45) is 0 Å². The van der Waals surface area contributed by atoms with Crippen molar-refractivity contribution in [1.29, 1.82) is 0 Å². The van der Waals surface area contributed by atoms with Gasteiger partial charge in [0.2, 0.25) is 0 Å². The summed E-state index contributed by atoms with van der Waals surface area (Å²) in [7, 11) is 0. The van der Waals surface area contributed by atoms with Gasteiger partial charge in [0.15, 0.2) is 0 Å². The van der Waals surface area contributed by atoms with Crippen molar-refractivity contribution < 1.29 is 19.1 Å². The first-order valence-corrected chi connectivity index (χ1v) is 8.14. The molecule has 0 radical (unpaired) electrons. The molecule has 1 atom stereocenters. The fourth-order valence-electron chi connectivity index (χ4n) is 2.34. The Morgan fingerprint density at radius 2 is 2.00 bits per heavy atom. The van der Waals surface area contributed by atoms with Gasteiger partial charge in [-0.25, -0.2) is 4.79 Å². The Kier molecular flexibility index (Phi) is 4.57. The number of ether oxygens (including phenoxy) is 1. The smallest absolute Gasteiger partial charge is 0.328 e. The molecule has 0 bridgehead atoms. The van der Waals surface area contributed by atoms with Crippen LogP contribution < -0.4 is 10.6 Å². The van der Waals surface area contributed by atoms with Crippen molar-refractivity contribution in [3.05, 3.63) is 47.2 Å². The molecule has 1 saturated heterocycles. The van der Waals surface area contributed by atoms with Gasteiger partial charge in [-0.2, -0.15) is 4.37 Å². The maximum atomic E-state index is 12.5. The van der Waals surface area contributed by atoms with Crippen LogP contribution in [0.5, 0.6) is 0 Å². The van der Waals surface area contributed by atoms with Crippen molar-refractivity contribution in [2.75, 3.05) is 11.9 Å². The quantitative estimate of drug-likeness (QED) is 0.823. The number of anilines is 1. The average molecular weight is 345 g/mol. The Labute approximate surface area is 142 Å². The molecule has 7 nitrogen and oxygen atoms in total. The van der Waals surface area contributed by atoms with Gasteiger partial charge in [-0.3, -0.25) is 9.59 Å². The van der Waals surface area contributed by atoms with E-state index in [0.717, 1.165) is 11.5 Å². The van der Waals surface area contributed by atoms with Gasteiger partial charge < -0.3 is 15.4 Å². The molecular formula is C16H15N3O4S. The van der Waals surface area contributed by atoms with E-state index in [1.807, 2.05) is 6.07 Å². The minimum atomic E-state index is -0.658. The monoisotopic (exact) mass is 345 g/mol. The summed E-state index contributed by atoms with van der Waals surface area (Å²) in [4.78, 5) is 36.2. The number of hydrogen-bond acceptors (Lipinski definition) is 6. The first-order valence-electron chi connectivity index (χ1n) is 7.36. The first-order chi connectivity index (χ1) is 11.6. The van der Waals surface area contributed by atoms with Gasteiger partial charge in [0.1, 0.15) is 11.0 Å². The fraction of sp³-hybridized carbons (Fsp3) is 0.250. The molecular weight excluding hydrogens is 330 g/mol. The van der Waals surface area contributed by atoms with Crippen molar-refractivity contribution >= 4 is 34.3 Å². The number of cyclic esters (lactones) is 1. The zero-order valence-electron chi connectivity index (χ0n) is 12.9. The Hall–Kier alpha value is -2.74. The summed E-state index contributed by atoms with van der Waals surface area (Å²) in [6.07, 6.45) is 0.437. The molecule has 1 aliphatic heterocycles. The third kappa shape index (κ3) is 3.28. The van der Waals surface area contributed by atoms with E-state index in [2.05, 4.69) is 15.0 Å². The standard InChI is InChI=1S/C16H15N3O4S/c1-9-12(14(21)17-11-7-8-23-16(11)22)15(24-19-9)18-13(20)10-5-3-2-4-6-10/h2-6,11H,7-8H2,1H3,(H,17,21)(H,18,20). The van der Waals surface area contributed by atoms with Crippen molar-refractivity contribution in [2.45, 2.75) is 19.4 Å². The molecule has 1 aromatic heterocycles. The van der Waals surface area contributed by atoms with Crippen molar-refractivity contribution in [3.8, 4) is 0 Å². The van der Waals surface area contributed by atoms with E-state index in [4.69, 9.17) is 4.74 Å². The number of nitrogens with zero attached hydrogens (tertiary/aromatic N) is 1. The number of aromatic nitrogens is 1. The van der Waals surface area contributed by atoms with Gasteiger partial charge in [-0.1, -0.05) is 18.2 Å². The molecule has 1 unspecified atom stereocenters. The van der Waals surface area contributed by atoms with Crippen LogP contribution in [0.15, 0.2) is 30.3 Å². The summed E-state index contributed by atoms with van der Waals surface area (Å²) in [6.45, 7) is 1.97. The van der Waals surface area contributed by atoms with E-state index >= 15 is 0 Å². The number of carbonyl (C=O) groups excluding carboxylic acids is 3. The van der Waals surface area contributed by atoms with Crippen molar-refractivity contribution in [1.82, 2.24) is 9.69 Å². The highest BCUT2D eigenvalue weighted by Crippen LogP contribution is 2.25. The molecule has 1 aliphatic rings. The van der Waals surface area contributed by atoms with Crippen LogP contribution in [-0.2, 0) is 9.53 Å². The molecule has 2 heterocycles. The number of carbonyl (C=O) groups is 3. The summed E-state index contributed by atoms with van der Waals surface area (Å²) < 4.78 is 8.96. The molecule has 24 heavy (non-hydrogen) atoms. The van der Waals surface area contributed by atoms with Gasteiger partial charge in [-0.15, -0.1) is 0 Å². The number of aryl methyl sites for hydroxylation is 1. The third-order valence-electron chi connectivity index (χ3n) is 3.59. The summed E-state index contributed by atoms with van der Waals surface area (Å²) in [5.41, 5.74) is 1.24. The Bertz CT molecular complexity index is 788. The fourth-order valence-corrected chi connectivity index (χ4v) is 3.13. The highest BCUT2D eigenvalue weighted by atomic mass is 32.1. The zero-order chi connectivity index (χ0) is 17.1. The van der Waals surface area contributed by atoms with Crippen molar-refractivity contribution in [3.63, 3.8) is 0 Å². The molecule has 1 fully saturated rings. The predicted octanol–water partition coefficient (Wildman–Crippen LogP) is 1.75. The van der Waals surface area contributed by atoms with E-state index in [0.29, 0.717) is 29.3 Å². The van der Waals surface area contributed by atoms with Gasteiger partial charge in [0, 0.05) is 12.0 Å². The Balaban J connectivity index is 1.77. The number of nitrogens with one attached hydrogen (secondary N) is 2. The first kappa shape index (κ1) is 16.1. The van der Waals surface area contributed by atoms with Crippen LogP contribution in [0.3, 0.4) is 0 Å². The van der Waals surface area contributed by atoms with E-state index in [1.165, 1.54) is 0 Å². The van der Waals surface area contributed by atoms with Gasteiger partial charge in [0.05, 0.1) is 17.9 Å². The van der Waals surface area contributed by atoms with Crippen LogP contribution in [0.4, 0.5) is 5.00 Å². The van der Waals surface area contributed by atoms with Crippen LogP contribution in [0.25, 0.3) is 0 Å². The highest BCUT2D eigenvalue weighted by Gasteiger charge is 2.30. The summed E-state index contributed by atoms with van der Waals surface area (Å²) in [6, 6.07) is 8.02. The number of benzene rings is 1. The molecule has 2 aromatic rings. The predicted molar refractivity (Wildman–Crippen MR) is 88.1 cm³/mol. The van der Waals surface area contributed by atoms with Gasteiger partial charge in [-0.05, 0) is 30.6 Å². The molecule has 1 aromatic carbocycles. The molecule has 124 valence electrons. The molecule has 8 heteroatoms. The number of amides is 2. The maximum absolute atomic E-state index is 12.5. The lowest BCUT2D eigenvalue weighted by Gasteiger charge is -2.10. The number of rotatable bonds is 4.